The summed E-state index contributed by atoms with van der Waals surface area (Å²) in [6.07, 6.45) is 9.31. The van der Waals surface area contributed by atoms with Crippen LogP contribution in [0.2, 0.25) is 10.0 Å². The van der Waals surface area contributed by atoms with Crippen LogP contribution in [-0.4, -0.2) is 4.98 Å². The Kier molecular flexibility index (Phi) is 3.16. The molecule has 3 atom stereocenters. The lowest BCUT2D eigenvalue weighted by molar-refractivity contribution is 0.425. The lowest BCUT2D eigenvalue weighted by Gasteiger charge is -2.37. The summed E-state index contributed by atoms with van der Waals surface area (Å²) in [7, 11) is 0. The number of nitrogens with zero attached hydrogens (tertiary/aromatic N) is 1. The van der Waals surface area contributed by atoms with Crippen molar-refractivity contribution in [3.63, 3.8) is 0 Å². The van der Waals surface area contributed by atoms with E-state index in [4.69, 9.17) is 23.2 Å². The molecular formula is C17H14Cl2N2. The first-order chi connectivity index (χ1) is 10.2. The minimum absolute atomic E-state index is 0.237. The third kappa shape index (κ3) is 2.14. The first kappa shape index (κ1) is 13.2. The van der Waals surface area contributed by atoms with Gasteiger partial charge in [-0.2, -0.15) is 0 Å². The van der Waals surface area contributed by atoms with E-state index in [1.54, 1.807) is 6.20 Å². The molecule has 4 rings (SSSR count). The van der Waals surface area contributed by atoms with Gasteiger partial charge < -0.3 is 5.32 Å². The van der Waals surface area contributed by atoms with E-state index in [2.05, 4.69) is 28.5 Å². The maximum absolute atomic E-state index is 6.44. The van der Waals surface area contributed by atoms with Crippen molar-refractivity contribution in [2.45, 2.75) is 18.4 Å². The predicted molar refractivity (Wildman–Crippen MR) is 87.1 cm³/mol. The fourth-order valence-electron chi connectivity index (χ4n) is 3.53. The van der Waals surface area contributed by atoms with E-state index in [0.717, 1.165) is 17.1 Å². The Labute approximate surface area is 133 Å². The summed E-state index contributed by atoms with van der Waals surface area (Å²) in [5.74, 6) is 0.816. The highest BCUT2D eigenvalue weighted by Crippen LogP contribution is 2.52. The summed E-state index contributed by atoms with van der Waals surface area (Å²) < 4.78 is 0. The van der Waals surface area contributed by atoms with Crippen molar-refractivity contribution in [1.82, 2.24) is 4.98 Å². The summed E-state index contributed by atoms with van der Waals surface area (Å²) in [6, 6.07) is 8.14. The maximum Gasteiger partial charge on any atom is 0.0569 e. The molecule has 2 nitrogen and oxygen atoms in total. The standard InChI is InChI=1S/C17H14Cl2N2/c18-11-7-14(19)16-12-4-1-5-13(12)17(21-15(16)8-11)10-3-2-6-20-9-10/h1-4,6-9,12-13,17,21H,5H2. The highest BCUT2D eigenvalue weighted by Gasteiger charge is 2.39. The third-order valence-corrected chi connectivity index (χ3v) is 4.95. The van der Waals surface area contributed by atoms with Gasteiger partial charge in [0, 0.05) is 39.6 Å². The number of pyridine rings is 1. The van der Waals surface area contributed by atoms with Crippen molar-refractivity contribution in [1.29, 1.82) is 0 Å². The zero-order valence-electron chi connectivity index (χ0n) is 11.3. The summed E-state index contributed by atoms with van der Waals surface area (Å²) in [6.45, 7) is 0. The van der Waals surface area contributed by atoms with Crippen LogP contribution in [0, 0.1) is 5.92 Å². The molecule has 1 N–H and O–H groups in total. The Hall–Kier alpha value is -1.51. The Morgan fingerprint density at radius 1 is 1.24 bits per heavy atom. The highest BCUT2D eigenvalue weighted by atomic mass is 35.5. The Morgan fingerprint density at radius 3 is 2.95 bits per heavy atom. The van der Waals surface area contributed by atoms with E-state index in [0.29, 0.717) is 16.9 Å². The molecule has 2 aliphatic rings. The first-order valence-electron chi connectivity index (χ1n) is 7.06. The van der Waals surface area contributed by atoms with Gasteiger partial charge in [-0.1, -0.05) is 41.4 Å². The van der Waals surface area contributed by atoms with E-state index in [1.165, 1.54) is 11.1 Å². The van der Waals surface area contributed by atoms with Gasteiger partial charge >= 0.3 is 0 Å². The monoisotopic (exact) mass is 316 g/mol. The quantitative estimate of drug-likeness (QED) is 0.730. The molecule has 0 saturated heterocycles. The summed E-state index contributed by atoms with van der Waals surface area (Å²) in [4.78, 5) is 4.25. The van der Waals surface area contributed by atoms with Crippen LogP contribution in [0.1, 0.15) is 29.5 Å². The van der Waals surface area contributed by atoms with Crippen molar-refractivity contribution >= 4 is 28.9 Å². The maximum atomic E-state index is 6.44. The van der Waals surface area contributed by atoms with Crippen LogP contribution in [0.4, 0.5) is 5.69 Å². The van der Waals surface area contributed by atoms with Crippen LogP contribution in [0.25, 0.3) is 0 Å². The normalized spacial score (nSPS) is 26.1. The predicted octanol–water partition coefficient (Wildman–Crippen LogP) is 5.21. The zero-order valence-corrected chi connectivity index (χ0v) is 12.8. The van der Waals surface area contributed by atoms with Gasteiger partial charge in [0.15, 0.2) is 0 Å². The van der Waals surface area contributed by atoms with Crippen LogP contribution in [-0.2, 0) is 0 Å². The van der Waals surface area contributed by atoms with E-state index >= 15 is 0 Å². The molecule has 21 heavy (non-hydrogen) atoms. The van der Waals surface area contributed by atoms with Crippen LogP contribution >= 0.6 is 23.2 Å². The molecule has 0 saturated carbocycles. The van der Waals surface area contributed by atoms with Crippen molar-refractivity contribution in [2.24, 2.45) is 5.92 Å². The molecule has 1 aliphatic heterocycles. The zero-order chi connectivity index (χ0) is 14.4. The number of aromatic nitrogens is 1. The lowest BCUT2D eigenvalue weighted by Crippen LogP contribution is -2.29. The van der Waals surface area contributed by atoms with Crippen molar-refractivity contribution in [3.8, 4) is 0 Å². The molecule has 0 spiro atoms. The van der Waals surface area contributed by atoms with Crippen molar-refractivity contribution in [3.05, 3.63) is 70.0 Å². The van der Waals surface area contributed by atoms with E-state index in [1.807, 2.05) is 24.4 Å². The number of nitrogens with one attached hydrogen (secondary N) is 1. The number of anilines is 1. The molecule has 1 aromatic carbocycles. The van der Waals surface area contributed by atoms with Crippen LogP contribution in [0.15, 0.2) is 48.8 Å². The average Bonchev–Trinajstić information content (AvgIpc) is 2.95. The van der Waals surface area contributed by atoms with Gasteiger partial charge in [-0.25, -0.2) is 0 Å². The first-order valence-corrected chi connectivity index (χ1v) is 7.81. The summed E-state index contributed by atoms with van der Waals surface area (Å²) in [5, 5.41) is 5.03. The second-order valence-corrected chi connectivity index (χ2v) is 6.45. The molecule has 106 valence electrons. The molecule has 0 fully saturated rings. The molecule has 1 aromatic heterocycles. The average molecular weight is 317 g/mol. The Bertz CT molecular complexity index is 712. The number of hydrogen-bond donors (Lipinski definition) is 1. The molecule has 0 bridgehead atoms. The number of hydrogen-bond acceptors (Lipinski definition) is 2. The SMILES string of the molecule is Clc1cc(Cl)c2c(c1)NC(c1cccnc1)C1CC=CC21. The third-order valence-electron chi connectivity index (χ3n) is 4.42. The van der Waals surface area contributed by atoms with Gasteiger partial charge in [0.25, 0.3) is 0 Å². The van der Waals surface area contributed by atoms with E-state index < -0.39 is 0 Å². The smallest absolute Gasteiger partial charge is 0.0569 e. The fourth-order valence-corrected chi connectivity index (χ4v) is 4.15. The van der Waals surface area contributed by atoms with Gasteiger partial charge in [-0.15, -0.1) is 0 Å². The van der Waals surface area contributed by atoms with Gasteiger partial charge in [0.2, 0.25) is 0 Å². The molecule has 0 radical (unpaired) electrons. The molecule has 2 aromatic rings. The minimum atomic E-state index is 0.237. The van der Waals surface area contributed by atoms with Gasteiger partial charge in [0.05, 0.1) is 6.04 Å². The van der Waals surface area contributed by atoms with Crippen LogP contribution in [0.5, 0.6) is 0 Å². The number of rotatable bonds is 1. The minimum Gasteiger partial charge on any atom is -0.378 e. The fraction of sp³-hybridized carbons (Fsp3) is 0.235. The van der Waals surface area contributed by atoms with Crippen molar-refractivity contribution in [2.75, 3.05) is 5.32 Å². The van der Waals surface area contributed by atoms with Crippen LogP contribution in [0.3, 0.4) is 0 Å². The number of benzene rings is 1. The summed E-state index contributed by atoms with van der Waals surface area (Å²) in [5.41, 5.74) is 3.41. The van der Waals surface area contributed by atoms with E-state index in [-0.39, 0.29) is 6.04 Å². The highest BCUT2D eigenvalue weighted by molar-refractivity contribution is 6.35. The van der Waals surface area contributed by atoms with Crippen molar-refractivity contribution < 1.29 is 0 Å². The topological polar surface area (TPSA) is 24.9 Å². The molecular weight excluding hydrogens is 303 g/mol. The summed E-state index contributed by atoms with van der Waals surface area (Å²) >= 11 is 12.6. The molecule has 1 aliphatic carbocycles. The molecule has 2 heterocycles. The Morgan fingerprint density at radius 2 is 2.14 bits per heavy atom. The molecule has 4 heteroatoms. The second-order valence-electron chi connectivity index (χ2n) is 5.61. The Balaban J connectivity index is 1.84. The number of allylic oxidation sites excluding steroid dienone is 2. The molecule has 0 amide bonds. The van der Waals surface area contributed by atoms with Gasteiger partial charge in [-0.3, -0.25) is 4.98 Å². The molecule has 3 unspecified atom stereocenters. The lowest BCUT2D eigenvalue weighted by atomic mass is 9.77. The second kappa shape index (κ2) is 5.04. The number of halogens is 2. The number of fused-ring (bicyclic) bond motifs is 3. The van der Waals surface area contributed by atoms with Crippen LogP contribution < -0.4 is 5.32 Å². The van der Waals surface area contributed by atoms with Gasteiger partial charge in [0.1, 0.15) is 0 Å². The van der Waals surface area contributed by atoms with E-state index in [9.17, 15) is 0 Å². The van der Waals surface area contributed by atoms with Gasteiger partial charge in [-0.05, 0) is 36.1 Å². The largest absolute Gasteiger partial charge is 0.378 e.